The van der Waals surface area contributed by atoms with E-state index in [0.717, 1.165) is 15.4 Å². The van der Waals surface area contributed by atoms with Crippen LogP contribution in [0.1, 0.15) is 10.4 Å². The Kier molecular flexibility index (Phi) is 4.96. The summed E-state index contributed by atoms with van der Waals surface area (Å²) in [5.74, 6) is -0.477. The number of halogens is 1. The normalized spacial score (nSPS) is 11.7. The van der Waals surface area contributed by atoms with E-state index < -0.39 is 5.91 Å². The van der Waals surface area contributed by atoms with Gasteiger partial charge in [-0.2, -0.15) is 0 Å². The minimum Gasteiger partial charge on any atom is -0.493 e. The third kappa shape index (κ3) is 3.62. The molecule has 0 aliphatic rings. The predicted molar refractivity (Wildman–Crippen MR) is 100 cm³/mol. The zero-order valence-electron chi connectivity index (χ0n) is 13.8. The Labute approximate surface area is 153 Å². The first kappa shape index (κ1) is 17.3. The molecule has 1 heterocycles. The van der Waals surface area contributed by atoms with Gasteiger partial charge in [-0.25, -0.2) is 0 Å². The number of benzene rings is 2. The summed E-state index contributed by atoms with van der Waals surface area (Å²) in [5, 5.41) is 19.1. The first-order valence-corrected chi connectivity index (χ1v) is 8.43. The molecule has 0 unspecified atom stereocenters. The molecule has 2 aromatic carbocycles. The van der Waals surface area contributed by atoms with Gasteiger partial charge in [0.25, 0.3) is 5.91 Å². The molecule has 6 nitrogen and oxygen atoms in total. The third-order valence-corrected chi connectivity index (χ3v) is 4.15. The van der Waals surface area contributed by atoms with Gasteiger partial charge in [0.15, 0.2) is 5.69 Å². The smallest absolute Gasteiger partial charge is 0.295 e. The second-order valence-corrected chi connectivity index (χ2v) is 6.77. The largest absolute Gasteiger partial charge is 0.493 e. The van der Waals surface area contributed by atoms with E-state index in [-0.39, 0.29) is 11.6 Å². The summed E-state index contributed by atoms with van der Waals surface area (Å²) in [7, 11) is 3.81. The molecule has 25 heavy (non-hydrogen) atoms. The van der Waals surface area contributed by atoms with Crippen LogP contribution in [0.15, 0.2) is 63.2 Å². The van der Waals surface area contributed by atoms with Crippen LogP contribution in [-0.2, 0) is 6.67 Å². The standard InChI is InChI=1S/C18H17BrN4O2/c1-22(2)11-23-15-9-8-13(19)10-14(15)16(18(23)25)20-21-17(24)12-6-4-3-5-7-12/h3-10,25H,11H2,1-2H3. The van der Waals surface area contributed by atoms with E-state index in [9.17, 15) is 9.90 Å². The Morgan fingerprint density at radius 1 is 1.20 bits per heavy atom. The molecule has 0 spiro atoms. The maximum atomic E-state index is 12.2. The molecule has 0 fully saturated rings. The third-order valence-electron chi connectivity index (χ3n) is 3.66. The molecule has 1 aromatic heterocycles. The molecule has 1 N–H and O–H groups in total. The van der Waals surface area contributed by atoms with Crippen molar-refractivity contribution in [2.24, 2.45) is 10.2 Å². The van der Waals surface area contributed by atoms with Gasteiger partial charge >= 0.3 is 0 Å². The summed E-state index contributed by atoms with van der Waals surface area (Å²) in [5.41, 5.74) is 1.54. The lowest BCUT2D eigenvalue weighted by atomic mass is 10.2. The van der Waals surface area contributed by atoms with Crippen LogP contribution in [0.25, 0.3) is 10.9 Å². The second-order valence-electron chi connectivity index (χ2n) is 5.85. The molecule has 0 aliphatic heterocycles. The molecule has 3 rings (SSSR count). The Balaban J connectivity index is 2.06. The number of aromatic hydroxyl groups is 1. The molecule has 0 saturated carbocycles. The van der Waals surface area contributed by atoms with Crippen LogP contribution in [0.4, 0.5) is 5.69 Å². The first-order valence-electron chi connectivity index (χ1n) is 7.64. The molecule has 0 saturated heterocycles. The molecule has 1 amide bonds. The van der Waals surface area contributed by atoms with Crippen LogP contribution in [0.5, 0.6) is 5.88 Å². The Morgan fingerprint density at radius 3 is 2.60 bits per heavy atom. The number of carbonyl (C=O) groups is 1. The van der Waals surface area contributed by atoms with Crippen molar-refractivity contribution in [1.29, 1.82) is 0 Å². The maximum Gasteiger partial charge on any atom is 0.295 e. The van der Waals surface area contributed by atoms with Gasteiger partial charge in [-0.3, -0.25) is 14.3 Å². The lowest BCUT2D eigenvalue weighted by molar-refractivity contribution is 0.0995. The lowest BCUT2D eigenvalue weighted by Gasteiger charge is -2.13. The SMILES string of the molecule is CN(C)Cn1c(O)c(N=NC(=O)c2ccccc2)c2cc(Br)ccc21. The Hall–Kier alpha value is -2.51. The van der Waals surface area contributed by atoms with E-state index in [1.165, 1.54) is 0 Å². The fourth-order valence-corrected chi connectivity index (χ4v) is 2.92. The number of aromatic nitrogens is 1. The van der Waals surface area contributed by atoms with Crippen LogP contribution >= 0.6 is 15.9 Å². The highest BCUT2D eigenvalue weighted by Gasteiger charge is 2.18. The number of nitrogens with zero attached hydrogens (tertiary/aromatic N) is 4. The van der Waals surface area contributed by atoms with Gasteiger partial charge in [0.05, 0.1) is 12.2 Å². The van der Waals surface area contributed by atoms with Gasteiger partial charge in [-0.1, -0.05) is 34.1 Å². The van der Waals surface area contributed by atoms with E-state index in [2.05, 4.69) is 26.2 Å². The molecular weight excluding hydrogens is 384 g/mol. The van der Waals surface area contributed by atoms with Crippen molar-refractivity contribution in [3.05, 3.63) is 58.6 Å². The van der Waals surface area contributed by atoms with E-state index in [1.807, 2.05) is 43.3 Å². The van der Waals surface area contributed by atoms with Crippen molar-refractivity contribution < 1.29 is 9.90 Å². The fourth-order valence-electron chi connectivity index (χ4n) is 2.55. The second kappa shape index (κ2) is 7.16. The number of hydrogen-bond donors (Lipinski definition) is 1. The van der Waals surface area contributed by atoms with Crippen molar-refractivity contribution in [1.82, 2.24) is 9.47 Å². The molecule has 7 heteroatoms. The Bertz CT molecular complexity index is 949. The highest BCUT2D eigenvalue weighted by atomic mass is 79.9. The average Bonchev–Trinajstić information content (AvgIpc) is 2.84. The summed E-state index contributed by atoms with van der Waals surface area (Å²) >= 11 is 3.43. The molecule has 128 valence electrons. The van der Waals surface area contributed by atoms with Gasteiger partial charge in [-0.05, 0) is 44.4 Å². The molecule has 3 aromatic rings. The zero-order valence-corrected chi connectivity index (χ0v) is 15.4. The number of amides is 1. The average molecular weight is 401 g/mol. The first-order chi connectivity index (χ1) is 12.0. The number of carbonyl (C=O) groups excluding carboxylic acids is 1. The maximum absolute atomic E-state index is 12.2. The number of hydrogen-bond acceptors (Lipinski definition) is 4. The molecule has 0 aliphatic carbocycles. The molecule has 0 atom stereocenters. The number of azo groups is 1. The molecule has 0 bridgehead atoms. The summed E-state index contributed by atoms with van der Waals surface area (Å²) in [6.45, 7) is 0.478. The quantitative estimate of drug-likeness (QED) is 0.652. The summed E-state index contributed by atoms with van der Waals surface area (Å²) in [6.07, 6.45) is 0. The van der Waals surface area contributed by atoms with Crippen LogP contribution in [-0.4, -0.2) is 34.6 Å². The fraction of sp³-hybridized carbons (Fsp3) is 0.167. The van der Waals surface area contributed by atoms with Gasteiger partial charge in [0.1, 0.15) is 0 Å². The van der Waals surface area contributed by atoms with E-state index in [4.69, 9.17) is 0 Å². The van der Waals surface area contributed by atoms with Crippen molar-refractivity contribution >= 4 is 38.4 Å². The zero-order chi connectivity index (χ0) is 18.0. The summed E-state index contributed by atoms with van der Waals surface area (Å²) in [6, 6.07) is 14.3. The summed E-state index contributed by atoms with van der Waals surface area (Å²) < 4.78 is 2.58. The van der Waals surface area contributed by atoms with E-state index in [0.29, 0.717) is 12.2 Å². The number of fused-ring (bicyclic) bond motifs is 1. The van der Waals surface area contributed by atoms with Crippen molar-refractivity contribution in [3.63, 3.8) is 0 Å². The highest BCUT2D eigenvalue weighted by molar-refractivity contribution is 9.10. The lowest BCUT2D eigenvalue weighted by Crippen LogP contribution is -2.16. The highest BCUT2D eigenvalue weighted by Crippen LogP contribution is 2.40. The van der Waals surface area contributed by atoms with Gasteiger partial charge in [0.2, 0.25) is 5.88 Å². The Morgan fingerprint density at radius 2 is 1.92 bits per heavy atom. The van der Waals surface area contributed by atoms with Crippen LogP contribution in [0, 0.1) is 0 Å². The monoisotopic (exact) mass is 400 g/mol. The summed E-state index contributed by atoms with van der Waals surface area (Å²) in [4.78, 5) is 14.1. The van der Waals surface area contributed by atoms with E-state index >= 15 is 0 Å². The van der Waals surface area contributed by atoms with E-state index in [1.54, 1.807) is 28.8 Å². The topological polar surface area (TPSA) is 70.2 Å². The van der Waals surface area contributed by atoms with Gasteiger partial charge in [0, 0.05) is 15.4 Å². The van der Waals surface area contributed by atoms with Crippen molar-refractivity contribution in [3.8, 4) is 5.88 Å². The van der Waals surface area contributed by atoms with Crippen LogP contribution < -0.4 is 0 Å². The van der Waals surface area contributed by atoms with Crippen LogP contribution in [0.2, 0.25) is 0 Å². The van der Waals surface area contributed by atoms with Gasteiger partial charge < -0.3 is 5.11 Å². The molecular formula is C18H17BrN4O2. The number of rotatable bonds is 4. The molecule has 0 radical (unpaired) electrons. The van der Waals surface area contributed by atoms with Crippen molar-refractivity contribution in [2.45, 2.75) is 6.67 Å². The minimum absolute atomic E-state index is 0.0218. The minimum atomic E-state index is -0.455. The van der Waals surface area contributed by atoms with Crippen molar-refractivity contribution in [2.75, 3.05) is 14.1 Å². The predicted octanol–water partition coefficient (Wildman–Crippen LogP) is 4.55. The van der Waals surface area contributed by atoms with Crippen LogP contribution in [0.3, 0.4) is 0 Å². The van der Waals surface area contributed by atoms with Gasteiger partial charge in [-0.15, -0.1) is 10.2 Å².